The molecule has 0 atom stereocenters. The van der Waals surface area contributed by atoms with Crippen LogP contribution in [0.25, 0.3) is 0 Å². The maximum Gasteiger partial charge on any atom is 0.123 e. The first kappa shape index (κ1) is 19.4. The lowest BCUT2D eigenvalue weighted by Gasteiger charge is -2.20. The van der Waals surface area contributed by atoms with Gasteiger partial charge in [-0.1, -0.05) is 41.5 Å². The lowest BCUT2D eigenvalue weighted by Crippen LogP contribution is -2.12. The quantitative estimate of drug-likeness (QED) is 0.696. The molecule has 2 aromatic rings. The first-order valence-electron chi connectivity index (χ1n) is 7.55. The zero-order valence-electron chi connectivity index (χ0n) is 14.8. The summed E-state index contributed by atoms with van der Waals surface area (Å²) in [6.45, 7) is 12.9. The number of pyridine rings is 2. The molecular weight excluding hydrogens is 352 g/mol. The number of halogens is 1. The van der Waals surface area contributed by atoms with Gasteiger partial charge in [0.25, 0.3) is 0 Å². The third-order valence-electron chi connectivity index (χ3n) is 3.33. The van der Waals surface area contributed by atoms with Crippen molar-refractivity contribution < 1.29 is 0 Å². The number of anilines is 2. The molecule has 126 valence electrons. The highest BCUT2D eigenvalue weighted by Gasteiger charge is 2.17. The number of aromatic nitrogens is 2. The van der Waals surface area contributed by atoms with Crippen molar-refractivity contribution in [3.8, 4) is 0 Å². The topological polar surface area (TPSA) is 77.8 Å². The van der Waals surface area contributed by atoms with Crippen LogP contribution in [0.2, 0.25) is 0 Å². The zero-order chi connectivity index (χ0) is 17.8. The summed E-state index contributed by atoms with van der Waals surface area (Å²) in [6.07, 6.45) is 3.49. The molecule has 0 amide bonds. The lowest BCUT2D eigenvalue weighted by molar-refractivity contribution is 0.586. The van der Waals surface area contributed by atoms with E-state index in [9.17, 15) is 0 Å². The lowest BCUT2D eigenvalue weighted by atomic mass is 9.88. The molecular formula is C18H27BrN4. The standard InChI is InChI=1S/C9H13BrN2.C9H14N2/c1-9(2,3)6-4-8(11)12-5-7(6)10;1-9(2,3)7-4-5-11-8(10)6-7/h4-5H,1-3H3,(H2,11,12);4-6H,1-3H3,(H2,10,11). The molecule has 2 aromatic heterocycles. The minimum atomic E-state index is 0.107. The van der Waals surface area contributed by atoms with E-state index in [1.165, 1.54) is 11.1 Å². The molecule has 0 saturated carbocycles. The Morgan fingerprint density at radius 3 is 1.83 bits per heavy atom. The Kier molecular flexibility index (Phi) is 6.17. The van der Waals surface area contributed by atoms with E-state index in [4.69, 9.17) is 11.5 Å². The number of nitrogen functional groups attached to an aromatic ring is 2. The van der Waals surface area contributed by atoms with E-state index in [0.717, 1.165) is 4.47 Å². The second-order valence-corrected chi connectivity index (χ2v) is 8.41. The molecule has 4 N–H and O–H groups in total. The summed E-state index contributed by atoms with van der Waals surface area (Å²) in [6, 6.07) is 5.82. The van der Waals surface area contributed by atoms with Crippen molar-refractivity contribution in [1.29, 1.82) is 0 Å². The van der Waals surface area contributed by atoms with Gasteiger partial charge in [0.05, 0.1) is 0 Å². The Hall–Kier alpha value is -1.62. The van der Waals surface area contributed by atoms with E-state index in [-0.39, 0.29) is 10.8 Å². The highest BCUT2D eigenvalue weighted by molar-refractivity contribution is 9.10. The highest BCUT2D eigenvalue weighted by atomic mass is 79.9. The van der Waals surface area contributed by atoms with Gasteiger partial charge < -0.3 is 11.5 Å². The fourth-order valence-corrected chi connectivity index (χ4v) is 2.76. The largest absolute Gasteiger partial charge is 0.384 e. The normalized spacial score (nSPS) is 11.6. The van der Waals surface area contributed by atoms with Crippen molar-refractivity contribution in [2.75, 3.05) is 11.5 Å². The van der Waals surface area contributed by atoms with Crippen molar-refractivity contribution in [1.82, 2.24) is 9.97 Å². The van der Waals surface area contributed by atoms with E-state index in [1.807, 2.05) is 18.2 Å². The van der Waals surface area contributed by atoms with E-state index in [0.29, 0.717) is 11.6 Å². The van der Waals surface area contributed by atoms with Crippen molar-refractivity contribution in [2.45, 2.75) is 52.4 Å². The van der Waals surface area contributed by atoms with Gasteiger partial charge in [-0.25, -0.2) is 9.97 Å². The van der Waals surface area contributed by atoms with Crippen LogP contribution in [0, 0.1) is 0 Å². The van der Waals surface area contributed by atoms with E-state index < -0.39 is 0 Å². The SMILES string of the molecule is CC(C)(C)c1cc(N)ncc1Br.CC(C)(C)c1ccnc(N)c1. The third kappa shape index (κ3) is 6.18. The van der Waals surface area contributed by atoms with Crippen molar-refractivity contribution in [3.63, 3.8) is 0 Å². The number of nitrogens with two attached hydrogens (primary N) is 2. The summed E-state index contributed by atoms with van der Waals surface area (Å²) in [5, 5.41) is 0. The molecule has 0 spiro atoms. The molecule has 0 unspecified atom stereocenters. The van der Waals surface area contributed by atoms with Crippen LogP contribution in [0.4, 0.5) is 11.6 Å². The third-order valence-corrected chi connectivity index (χ3v) is 3.96. The van der Waals surface area contributed by atoms with Crippen LogP contribution in [0.15, 0.2) is 35.1 Å². The number of hydrogen-bond donors (Lipinski definition) is 2. The van der Waals surface area contributed by atoms with Crippen molar-refractivity contribution in [3.05, 3.63) is 46.2 Å². The minimum Gasteiger partial charge on any atom is -0.384 e. The molecule has 2 heterocycles. The van der Waals surface area contributed by atoms with Crippen LogP contribution in [-0.2, 0) is 10.8 Å². The van der Waals surface area contributed by atoms with Crippen LogP contribution >= 0.6 is 15.9 Å². The van der Waals surface area contributed by atoms with Gasteiger partial charge in [0.1, 0.15) is 11.6 Å². The van der Waals surface area contributed by atoms with Gasteiger partial charge in [0, 0.05) is 16.9 Å². The summed E-state index contributed by atoms with van der Waals surface area (Å²) < 4.78 is 1.02. The summed E-state index contributed by atoms with van der Waals surface area (Å²) in [5.41, 5.74) is 13.8. The molecule has 0 fully saturated rings. The van der Waals surface area contributed by atoms with Crippen molar-refractivity contribution in [2.24, 2.45) is 0 Å². The van der Waals surface area contributed by atoms with Gasteiger partial charge in [-0.2, -0.15) is 0 Å². The molecule has 0 radical (unpaired) electrons. The molecule has 0 aromatic carbocycles. The van der Waals surface area contributed by atoms with Gasteiger partial charge in [-0.15, -0.1) is 0 Å². The summed E-state index contributed by atoms with van der Waals surface area (Å²) in [7, 11) is 0. The fraction of sp³-hybridized carbons (Fsp3) is 0.444. The maximum absolute atomic E-state index is 5.59. The van der Waals surface area contributed by atoms with Gasteiger partial charge in [0.15, 0.2) is 0 Å². The van der Waals surface area contributed by atoms with Crippen LogP contribution < -0.4 is 11.5 Å². The maximum atomic E-state index is 5.59. The number of nitrogens with zero attached hydrogens (tertiary/aromatic N) is 2. The van der Waals surface area contributed by atoms with Crippen molar-refractivity contribution >= 4 is 27.6 Å². The summed E-state index contributed by atoms with van der Waals surface area (Å²) >= 11 is 3.45. The predicted octanol–water partition coefficient (Wildman–Crippen LogP) is 4.69. The van der Waals surface area contributed by atoms with Crippen LogP contribution in [0.3, 0.4) is 0 Å². The monoisotopic (exact) mass is 378 g/mol. The Bertz CT molecular complexity index is 655. The van der Waals surface area contributed by atoms with Crippen LogP contribution in [0.5, 0.6) is 0 Å². The Labute approximate surface area is 147 Å². The number of rotatable bonds is 0. The molecule has 0 aliphatic carbocycles. The van der Waals surface area contributed by atoms with Gasteiger partial charge >= 0.3 is 0 Å². The molecule has 4 nitrogen and oxygen atoms in total. The molecule has 2 rings (SSSR count). The van der Waals surface area contributed by atoms with Gasteiger partial charge in [0.2, 0.25) is 0 Å². The van der Waals surface area contributed by atoms with Crippen LogP contribution in [-0.4, -0.2) is 9.97 Å². The summed E-state index contributed by atoms with van der Waals surface area (Å²) in [5.74, 6) is 1.17. The summed E-state index contributed by atoms with van der Waals surface area (Å²) in [4.78, 5) is 7.91. The zero-order valence-corrected chi connectivity index (χ0v) is 16.4. The van der Waals surface area contributed by atoms with E-state index in [1.54, 1.807) is 12.4 Å². The molecule has 5 heteroatoms. The van der Waals surface area contributed by atoms with Gasteiger partial charge in [-0.05, 0) is 56.1 Å². The Balaban J connectivity index is 0.000000231. The van der Waals surface area contributed by atoms with E-state index >= 15 is 0 Å². The second kappa shape index (κ2) is 7.30. The predicted molar refractivity (Wildman–Crippen MR) is 102 cm³/mol. The molecule has 23 heavy (non-hydrogen) atoms. The number of hydrogen-bond acceptors (Lipinski definition) is 4. The van der Waals surface area contributed by atoms with Crippen LogP contribution in [0.1, 0.15) is 52.7 Å². The minimum absolute atomic E-state index is 0.107. The molecule has 0 aliphatic heterocycles. The Morgan fingerprint density at radius 1 is 0.870 bits per heavy atom. The highest BCUT2D eigenvalue weighted by Crippen LogP contribution is 2.29. The average molecular weight is 379 g/mol. The molecule has 0 saturated heterocycles. The first-order valence-corrected chi connectivity index (χ1v) is 8.34. The first-order chi connectivity index (χ1) is 10.4. The van der Waals surface area contributed by atoms with Gasteiger partial charge in [-0.3, -0.25) is 0 Å². The molecule has 0 bridgehead atoms. The Morgan fingerprint density at radius 2 is 1.43 bits per heavy atom. The smallest absolute Gasteiger partial charge is 0.123 e. The second-order valence-electron chi connectivity index (χ2n) is 7.56. The average Bonchev–Trinajstić information content (AvgIpc) is 2.40. The van der Waals surface area contributed by atoms with E-state index in [2.05, 4.69) is 67.4 Å². The fourth-order valence-electron chi connectivity index (χ4n) is 1.94. The molecule has 0 aliphatic rings.